The Kier molecular flexibility index (Phi) is 4.69. The second-order valence-electron chi connectivity index (χ2n) is 8.20. The van der Waals surface area contributed by atoms with Gasteiger partial charge in [0.15, 0.2) is 5.58 Å². The summed E-state index contributed by atoms with van der Waals surface area (Å²) in [6, 6.07) is 10.5. The predicted octanol–water partition coefficient (Wildman–Crippen LogP) is 5.58. The van der Waals surface area contributed by atoms with Gasteiger partial charge in [-0.1, -0.05) is 40.9 Å². The molecule has 1 saturated carbocycles. The van der Waals surface area contributed by atoms with Crippen LogP contribution in [0.1, 0.15) is 35.7 Å². The van der Waals surface area contributed by atoms with E-state index in [-0.39, 0.29) is 11.5 Å². The van der Waals surface area contributed by atoms with Crippen LogP contribution in [-0.4, -0.2) is 19.7 Å². The molecular formula is C23H15Cl3N4O3. The lowest BCUT2D eigenvalue weighted by molar-refractivity contribution is 0.555. The lowest BCUT2D eigenvalue weighted by Gasteiger charge is -2.10. The molecule has 5 aromatic rings. The van der Waals surface area contributed by atoms with Crippen molar-refractivity contribution < 1.29 is 4.42 Å². The average Bonchev–Trinajstić information content (AvgIpc) is 3.42. The molecule has 0 unspecified atom stereocenters. The fourth-order valence-corrected chi connectivity index (χ4v) is 5.18. The van der Waals surface area contributed by atoms with Crippen LogP contribution in [0.4, 0.5) is 0 Å². The molecule has 0 bridgehead atoms. The number of aromatic nitrogens is 4. The van der Waals surface area contributed by atoms with Crippen LogP contribution in [0.2, 0.25) is 15.1 Å². The number of fused-ring (bicyclic) bond motifs is 2. The summed E-state index contributed by atoms with van der Waals surface area (Å²) in [7, 11) is 0. The summed E-state index contributed by atoms with van der Waals surface area (Å²) in [5.74, 6) is -0.268. The third-order valence-electron chi connectivity index (χ3n) is 5.80. The van der Waals surface area contributed by atoms with Gasteiger partial charge in [0.2, 0.25) is 0 Å². The number of benzene rings is 2. The zero-order valence-electron chi connectivity index (χ0n) is 16.9. The number of H-pyrrole nitrogens is 2. The molecule has 0 atom stereocenters. The Morgan fingerprint density at radius 2 is 1.79 bits per heavy atom. The van der Waals surface area contributed by atoms with Gasteiger partial charge in [-0.25, -0.2) is 9.48 Å². The highest BCUT2D eigenvalue weighted by Gasteiger charge is 2.31. The fourth-order valence-electron chi connectivity index (χ4n) is 4.20. The largest absolute Gasteiger partial charge is 0.417 e. The first-order valence-electron chi connectivity index (χ1n) is 10.3. The van der Waals surface area contributed by atoms with Crippen molar-refractivity contribution >= 4 is 56.8 Å². The highest BCUT2D eigenvalue weighted by Crippen LogP contribution is 2.43. The summed E-state index contributed by atoms with van der Waals surface area (Å²) < 4.78 is 6.70. The van der Waals surface area contributed by atoms with Crippen molar-refractivity contribution in [1.29, 1.82) is 0 Å². The summed E-state index contributed by atoms with van der Waals surface area (Å²) in [5.41, 5.74) is 4.29. The van der Waals surface area contributed by atoms with Crippen LogP contribution in [0, 0.1) is 0 Å². The number of rotatable bonds is 4. The van der Waals surface area contributed by atoms with E-state index in [1.54, 1.807) is 22.9 Å². The van der Waals surface area contributed by atoms with Gasteiger partial charge in [0.1, 0.15) is 5.69 Å². The third-order valence-corrected chi connectivity index (χ3v) is 6.59. The van der Waals surface area contributed by atoms with Gasteiger partial charge in [0.05, 0.1) is 32.2 Å². The van der Waals surface area contributed by atoms with Crippen molar-refractivity contribution in [3.05, 3.63) is 89.3 Å². The van der Waals surface area contributed by atoms with E-state index in [9.17, 15) is 9.59 Å². The number of oxazole rings is 1. The molecule has 3 aromatic heterocycles. The standard InChI is InChI=1S/C23H15Cl3N4O3/c24-12-7-14(25)21(15(26)8-12)30-17-9-13(27-22(31)19(17)20(29-30)11-2-3-11)5-10-1-4-18-16(6-10)28-23(32)33-18/h1,4,6-9,11H,2-3,5H2,(H,27,31)(H,28,32). The predicted molar refractivity (Wildman–Crippen MR) is 128 cm³/mol. The van der Waals surface area contributed by atoms with Crippen LogP contribution in [0.15, 0.2) is 50.4 Å². The number of pyridine rings is 1. The summed E-state index contributed by atoms with van der Waals surface area (Å²) in [4.78, 5) is 30.3. The van der Waals surface area contributed by atoms with Crippen LogP contribution < -0.4 is 11.3 Å². The molecule has 7 nitrogen and oxygen atoms in total. The number of hydrogen-bond donors (Lipinski definition) is 2. The summed E-state index contributed by atoms with van der Waals surface area (Å²) in [6.45, 7) is 0. The molecule has 1 aliphatic carbocycles. The maximum atomic E-state index is 13.2. The van der Waals surface area contributed by atoms with E-state index in [0.717, 1.165) is 24.1 Å². The van der Waals surface area contributed by atoms with Gasteiger partial charge in [-0.3, -0.25) is 9.78 Å². The van der Waals surface area contributed by atoms with Crippen molar-refractivity contribution in [3.63, 3.8) is 0 Å². The summed E-state index contributed by atoms with van der Waals surface area (Å²) >= 11 is 19.1. The Morgan fingerprint density at radius 3 is 2.52 bits per heavy atom. The first-order valence-corrected chi connectivity index (χ1v) is 11.4. The van der Waals surface area contributed by atoms with E-state index in [1.165, 1.54) is 0 Å². The molecule has 1 aliphatic rings. The molecule has 6 rings (SSSR count). The Morgan fingerprint density at radius 1 is 1.03 bits per heavy atom. The first kappa shape index (κ1) is 20.6. The SMILES string of the molecule is O=c1[nH]c2cc(Cc3cc4c(c(C5CC5)nn4-c4c(Cl)cc(Cl)cc4Cl)c(=O)[nH]3)ccc2o1. The first-order chi connectivity index (χ1) is 15.9. The quantitative estimate of drug-likeness (QED) is 0.336. The summed E-state index contributed by atoms with van der Waals surface area (Å²) in [5, 5.41) is 6.40. The van der Waals surface area contributed by atoms with Gasteiger partial charge in [-0.05, 0) is 48.7 Å². The second-order valence-corrected chi connectivity index (χ2v) is 9.45. The van der Waals surface area contributed by atoms with Crippen molar-refractivity contribution in [3.8, 4) is 5.69 Å². The van der Waals surface area contributed by atoms with Crippen LogP contribution in [0.3, 0.4) is 0 Å². The van der Waals surface area contributed by atoms with E-state index in [0.29, 0.717) is 54.9 Å². The summed E-state index contributed by atoms with van der Waals surface area (Å²) in [6.07, 6.45) is 2.40. The lowest BCUT2D eigenvalue weighted by atomic mass is 10.1. The highest BCUT2D eigenvalue weighted by atomic mass is 35.5. The zero-order valence-corrected chi connectivity index (χ0v) is 19.2. The van der Waals surface area contributed by atoms with Crippen LogP contribution in [0.5, 0.6) is 0 Å². The van der Waals surface area contributed by atoms with Crippen LogP contribution in [0.25, 0.3) is 27.7 Å². The van der Waals surface area contributed by atoms with Gasteiger partial charge < -0.3 is 9.40 Å². The molecule has 3 heterocycles. The van der Waals surface area contributed by atoms with Crippen molar-refractivity contribution in [2.45, 2.75) is 25.2 Å². The maximum absolute atomic E-state index is 13.2. The number of nitrogens with zero attached hydrogens (tertiary/aromatic N) is 2. The Labute approximate surface area is 200 Å². The molecule has 0 radical (unpaired) electrons. The Balaban J connectivity index is 1.53. The third kappa shape index (κ3) is 3.57. The van der Waals surface area contributed by atoms with Crippen LogP contribution in [-0.2, 0) is 6.42 Å². The topological polar surface area (TPSA) is 96.7 Å². The molecule has 0 amide bonds. The second kappa shape index (κ2) is 7.52. The molecule has 10 heteroatoms. The normalized spacial score (nSPS) is 13.9. The van der Waals surface area contributed by atoms with E-state index in [1.807, 2.05) is 18.2 Å². The van der Waals surface area contributed by atoms with Gasteiger partial charge in [0, 0.05) is 23.1 Å². The number of hydrogen-bond acceptors (Lipinski definition) is 4. The molecule has 0 saturated heterocycles. The van der Waals surface area contributed by atoms with Gasteiger partial charge in [-0.15, -0.1) is 0 Å². The Hall–Kier alpha value is -3.00. The smallest absolute Gasteiger partial charge is 0.408 e. The molecular weight excluding hydrogens is 487 g/mol. The highest BCUT2D eigenvalue weighted by molar-refractivity contribution is 6.40. The molecule has 0 aliphatic heterocycles. The molecule has 166 valence electrons. The van der Waals surface area contributed by atoms with E-state index in [2.05, 4.69) is 9.97 Å². The zero-order chi connectivity index (χ0) is 22.9. The minimum atomic E-state index is -0.509. The van der Waals surface area contributed by atoms with Crippen molar-refractivity contribution in [2.75, 3.05) is 0 Å². The van der Waals surface area contributed by atoms with Crippen molar-refractivity contribution in [1.82, 2.24) is 19.7 Å². The molecule has 33 heavy (non-hydrogen) atoms. The number of aromatic amines is 2. The Bertz CT molecular complexity index is 1670. The van der Waals surface area contributed by atoms with Crippen LogP contribution >= 0.6 is 34.8 Å². The maximum Gasteiger partial charge on any atom is 0.417 e. The number of nitrogens with one attached hydrogen (secondary N) is 2. The molecule has 0 spiro atoms. The van der Waals surface area contributed by atoms with Crippen molar-refractivity contribution in [2.24, 2.45) is 0 Å². The lowest BCUT2D eigenvalue weighted by Crippen LogP contribution is -2.11. The molecule has 2 aromatic carbocycles. The van der Waals surface area contributed by atoms with E-state index < -0.39 is 5.76 Å². The van der Waals surface area contributed by atoms with E-state index >= 15 is 0 Å². The minimum absolute atomic E-state index is 0.213. The van der Waals surface area contributed by atoms with Gasteiger partial charge in [0.25, 0.3) is 5.56 Å². The monoisotopic (exact) mass is 500 g/mol. The molecule has 2 N–H and O–H groups in total. The average molecular weight is 502 g/mol. The van der Waals surface area contributed by atoms with Gasteiger partial charge >= 0.3 is 5.76 Å². The number of halogens is 3. The van der Waals surface area contributed by atoms with E-state index in [4.69, 9.17) is 44.3 Å². The minimum Gasteiger partial charge on any atom is -0.408 e. The fraction of sp³-hybridized carbons (Fsp3) is 0.174. The molecule has 1 fully saturated rings. The van der Waals surface area contributed by atoms with Gasteiger partial charge in [-0.2, -0.15) is 5.10 Å².